The van der Waals surface area contributed by atoms with Gasteiger partial charge in [0.05, 0.1) is 6.54 Å². The second kappa shape index (κ2) is 6.31. The fourth-order valence-corrected chi connectivity index (χ4v) is 3.50. The Labute approximate surface area is 136 Å². The van der Waals surface area contributed by atoms with Crippen LogP contribution in [0, 0.1) is 12.8 Å². The average molecular weight is 320 g/mol. The summed E-state index contributed by atoms with van der Waals surface area (Å²) in [5.41, 5.74) is 0.381. The fourth-order valence-electron chi connectivity index (χ4n) is 3.50. The molecule has 2 bridgehead atoms. The van der Waals surface area contributed by atoms with Crippen molar-refractivity contribution in [2.45, 2.75) is 25.8 Å². The minimum Gasteiger partial charge on any atom is -0.361 e. The maximum atomic E-state index is 12.7. The van der Waals surface area contributed by atoms with Gasteiger partial charge in [0, 0.05) is 45.8 Å². The second-order valence-electron chi connectivity index (χ2n) is 6.86. The lowest BCUT2D eigenvalue weighted by Gasteiger charge is -2.35. The molecule has 3 saturated heterocycles. The molecule has 7 heteroatoms. The van der Waals surface area contributed by atoms with Crippen LogP contribution in [0.15, 0.2) is 10.6 Å². The van der Waals surface area contributed by atoms with Crippen molar-refractivity contribution in [2.24, 2.45) is 5.92 Å². The molecule has 0 radical (unpaired) electrons. The van der Waals surface area contributed by atoms with Crippen LogP contribution in [0.1, 0.15) is 29.1 Å². The van der Waals surface area contributed by atoms with Crippen LogP contribution in [0.3, 0.4) is 0 Å². The smallest absolute Gasteiger partial charge is 0.276 e. The number of hydrogen-bond donors (Lipinski definition) is 0. The van der Waals surface area contributed by atoms with Gasteiger partial charge in [-0.2, -0.15) is 0 Å². The molecule has 126 valence electrons. The van der Waals surface area contributed by atoms with Crippen molar-refractivity contribution >= 4 is 11.8 Å². The first-order chi connectivity index (χ1) is 10.9. The van der Waals surface area contributed by atoms with Gasteiger partial charge in [-0.25, -0.2) is 0 Å². The van der Waals surface area contributed by atoms with E-state index in [-0.39, 0.29) is 17.9 Å². The summed E-state index contributed by atoms with van der Waals surface area (Å²) in [7, 11) is 3.55. The van der Waals surface area contributed by atoms with Gasteiger partial charge in [0.1, 0.15) is 5.76 Å². The summed E-state index contributed by atoms with van der Waals surface area (Å²) in [6.07, 6.45) is 2.10. The van der Waals surface area contributed by atoms with Gasteiger partial charge in [-0.15, -0.1) is 0 Å². The Hall–Kier alpha value is -1.89. The molecule has 0 spiro atoms. The van der Waals surface area contributed by atoms with Gasteiger partial charge in [0.25, 0.3) is 5.91 Å². The minimum absolute atomic E-state index is 0.0580. The van der Waals surface area contributed by atoms with E-state index in [0.717, 1.165) is 32.5 Å². The first-order valence-electron chi connectivity index (χ1n) is 8.11. The zero-order chi connectivity index (χ0) is 16.6. The summed E-state index contributed by atoms with van der Waals surface area (Å²) in [4.78, 5) is 30.4. The van der Waals surface area contributed by atoms with Crippen LogP contribution in [0.25, 0.3) is 0 Å². The third-order valence-electron chi connectivity index (χ3n) is 4.75. The highest BCUT2D eigenvalue weighted by Gasteiger charge is 2.38. The molecule has 1 aromatic heterocycles. The average Bonchev–Trinajstić information content (AvgIpc) is 2.75. The van der Waals surface area contributed by atoms with Gasteiger partial charge in [-0.05, 0) is 25.7 Å². The molecule has 2 atom stereocenters. The van der Waals surface area contributed by atoms with E-state index in [1.54, 1.807) is 32.0 Å². The topological polar surface area (TPSA) is 69.9 Å². The van der Waals surface area contributed by atoms with Crippen molar-refractivity contribution in [1.82, 2.24) is 19.9 Å². The summed E-state index contributed by atoms with van der Waals surface area (Å²) < 4.78 is 5.03. The Morgan fingerprint density at radius 1 is 1.30 bits per heavy atom. The zero-order valence-corrected chi connectivity index (χ0v) is 14.0. The van der Waals surface area contributed by atoms with Crippen LogP contribution in [0.4, 0.5) is 0 Å². The molecule has 3 fully saturated rings. The summed E-state index contributed by atoms with van der Waals surface area (Å²) in [5, 5.41) is 3.86. The van der Waals surface area contributed by atoms with E-state index in [1.165, 1.54) is 0 Å². The lowest BCUT2D eigenvalue weighted by atomic mass is 9.94. The summed E-state index contributed by atoms with van der Waals surface area (Å²) in [6.45, 7) is 4.57. The Bertz CT molecular complexity index is 598. The normalized spacial score (nSPS) is 24.6. The number of aromatic nitrogens is 1. The van der Waals surface area contributed by atoms with E-state index in [9.17, 15) is 9.59 Å². The molecule has 3 aliphatic heterocycles. The number of carbonyl (C=O) groups is 2. The minimum atomic E-state index is -0.0580. The van der Waals surface area contributed by atoms with Crippen LogP contribution in [-0.2, 0) is 4.79 Å². The Balaban J connectivity index is 1.71. The molecule has 23 heavy (non-hydrogen) atoms. The first-order valence-corrected chi connectivity index (χ1v) is 8.11. The molecular weight excluding hydrogens is 296 g/mol. The Morgan fingerprint density at radius 3 is 2.74 bits per heavy atom. The van der Waals surface area contributed by atoms with Crippen LogP contribution < -0.4 is 0 Å². The predicted octanol–water partition coefficient (Wildman–Crippen LogP) is 0.608. The maximum Gasteiger partial charge on any atom is 0.276 e. The number of piperidine rings is 1. The van der Waals surface area contributed by atoms with Gasteiger partial charge >= 0.3 is 0 Å². The lowest BCUT2D eigenvalue weighted by Crippen LogP contribution is -2.48. The van der Waals surface area contributed by atoms with E-state index < -0.39 is 0 Å². The van der Waals surface area contributed by atoms with E-state index in [1.807, 2.05) is 4.90 Å². The van der Waals surface area contributed by atoms with Gasteiger partial charge in [-0.3, -0.25) is 14.5 Å². The molecule has 0 N–H and O–H groups in total. The molecule has 2 amide bonds. The molecule has 0 aromatic carbocycles. The van der Waals surface area contributed by atoms with Crippen LogP contribution in [0.5, 0.6) is 0 Å². The molecule has 0 saturated carbocycles. The van der Waals surface area contributed by atoms with Crippen LogP contribution in [0.2, 0.25) is 0 Å². The van der Waals surface area contributed by atoms with Crippen molar-refractivity contribution in [3.8, 4) is 0 Å². The van der Waals surface area contributed by atoms with Crippen molar-refractivity contribution in [3.05, 3.63) is 17.5 Å². The Morgan fingerprint density at radius 2 is 2.09 bits per heavy atom. The van der Waals surface area contributed by atoms with E-state index >= 15 is 0 Å². The molecule has 0 unspecified atom stereocenters. The van der Waals surface area contributed by atoms with E-state index in [2.05, 4.69) is 10.1 Å². The van der Waals surface area contributed by atoms with Gasteiger partial charge < -0.3 is 14.3 Å². The zero-order valence-electron chi connectivity index (χ0n) is 14.0. The third kappa shape index (κ3) is 3.39. The molecular formula is C16H24N4O3. The Kier molecular flexibility index (Phi) is 4.39. The summed E-state index contributed by atoms with van der Waals surface area (Å²) >= 11 is 0. The van der Waals surface area contributed by atoms with Gasteiger partial charge in [-0.1, -0.05) is 5.16 Å². The number of hydrogen-bond acceptors (Lipinski definition) is 5. The maximum absolute atomic E-state index is 12.7. The number of amides is 2. The molecule has 7 nitrogen and oxygen atoms in total. The SMILES string of the molecule is Cc1cc(C(=O)N2C[C@H]3CC[C@@H]2CN(CC(=O)N(C)C)C3)no1. The van der Waals surface area contributed by atoms with Crippen molar-refractivity contribution in [2.75, 3.05) is 40.3 Å². The number of aryl methyl sites for hydroxylation is 1. The van der Waals surface area contributed by atoms with Crippen molar-refractivity contribution < 1.29 is 14.1 Å². The van der Waals surface area contributed by atoms with Gasteiger partial charge in [0.15, 0.2) is 5.69 Å². The highest BCUT2D eigenvalue weighted by Crippen LogP contribution is 2.29. The second-order valence-corrected chi connectivity index (χ2v) is 6.86. The van der Waals surface area contributed by atoms with Crippen LogP contribution >= 0.6 is 0 Å². The standard InChI is InChI=1S/C16H24N4O3/c1-11-6-14(17-23-11)16(22)20-8-12-4-5-13(20)9-19(7-12)10-15(21)18(2)3/h6,12-13H,4-5,7-10H2,1-3H3/t12-,13+/m0/s1. The molecule has 4 rings (SSSR count). The number of fused-ring (bicyclic) bond motifs is 4. The molecule has 4 heterocycles. The quantitative estimate of drug-likeness (QED) is 0.816. The monoisotopic (exact) mass is 320 g/mol. The molecule has 3 aliphatic rings. The van der Waals surface area contributed by atoms with E-state index in [4.69, 9.17) is 4.52 Å². The third-order valence-corrected chi connectivity index (χ3v) is 4.75. The number of rotatable bonds is 3. The summed E-state index contributed by atoms with van der Waals surface area (Å²) in [6, 6.07) is 1.84. The van der Waals surface area contributed by atoms with Crippen molar-refractivity contribution in [3.63, 3.8) is 0 Å². The summed E-state index contributed by atoms with van der Waals surface area (Å²) in [5.74, 6) is 1.11. The van der Waals surface area contributed by atoms with Crippen LogP contribution in [-0.4, -0.2) is 78.0 Å². The molecule has 1 aromatic rings. The number of nitrogens with zero attached hydrogens (tertiary/aromatic N) is 4. The highest BCUT2D eigenvalue weighted by molar-refractivity contribution is 5.92. The highest BCUT2D eigenvalue weighted by atomic mass is 16.5. The predicted molar refractivity (Wildman–Crippen MR) is 83.9 cm³/mol. The fraction of sp³-hybridized carbons (Fsp3) is 0.688. The first kappa shape index (κ1) is 16.0. The number of carbonyl (C=O) groups excluding carboxylic acids is 2. The molecule has 0 aliphatic carbocycles. The van der Waals surface area contributed by atoms with Gasteiger partial charge in [0.2, 0.25) is 5.91 Å². The number of likely N-dealkylation sites (N-methyl/N-ethyl adjacent to an activating group) is 1. The van der Waals surface area contributed by atoms with Crippen molar-refractivity contribution in [1.29, 1.82) is 0 Å². The lowest BCUT2D eigenvalue weighted by molar-refractivity contribution is -0.129. The van der Waals surface area contributed by atoms with E-state index in [0.29, 0.717) is 23.9 Å². The largest absolute Gasteiger partial charge is 0.361 e.